The molecular weight excluding hydrogens is 389 g/mol. The fourth-order valence-corrected chi connectivity index (χ4v) is 6.32. The molecule has 3 nitrogen and oxygen atoms in total. The van der Waals surface area contributed by atoms with Crippen LogP contribution in [0.25, 0.3) is 0 Å². The molecular formula is C27H42FNO2. The van der Waals surface area contributed by atoms with Gasteiger partial charge in [-0.05, 0) is 80.2 Å². The van der Waals surface area contributed by atoms with Gasteiger partial charge in [0.1, 0.15) is 0 Å². The molecule has 0 saturated heterocycles. The van der Waals surface area contributed by atoms with Crippen LogP contribution in [0.5, 0.6) is 0 Å². The molecule has 4 heteroatoms. The quantitative estimate of drug-likeness (QED) is 0.199. The zero-order valence-electron chi connectivity index (χ0n) is 19.5. The molecule has 31 heavy (non-hydrogen) atoms. The van der Waals surface area contributed by atoms with E-state index < -0.39 is 16.4 Å². The fraction of sp³-hybridized carbons (Fsp3) is 0.778. The van der Waals surface area contributed by atoms with E-state index in [1.54, 1.807) is 6.07 Å². The van der Waals surface area contributed by atoms with E-state index in [0.717, 1.165) is 24.3 Å². The number of rotatable bonds is 11. The molecule has 0 heterocycles. The lowest BCUT2D eigenvalue weighted by Gasteiger charge is -2.38. The summed E-state index contributed by atoms with van der Waals surface area (Å²) in [5, 5.41) is 10.8. The van der Waals surface area contributed by atoms with Crippen molar-refractivity contribution in [2.24, 2.45) is 11.3 Å². The Labute approximate surface area is 188 Å². The highest BCUT2D eigenvalue weighted by Gasteiger charge is 2.31. The number of benzene rings is 1. The van der Waals surface area contributed by atoms with Gasteiger partial charge in [0, 0.05) is 6.07 Å². The van der Waals surface area contributed by atoms with Gasteiger partial charge in [-0.2, -0.15) is 4.39 Å². The zero-order valence-corrected chi connectivity index (χ0v) is 19.5. The largest absolute Gasteiger partial charge is 0.304 e. The summed E-state index contributed by atoms with van der Waals surface area (Å²) < 4.78 is 14.0. The van der Waals surface area contributed by atoms with Crippen molar-refractivity contribution in [3.63, 3.8) is 0 Å². The van der Waals surface area contributed by atoms with Crippen LogP contribution in [0.2, 0.25) is 0 Å². The summed E-state index contributed by atoms with van der Waals surface area (Å²) in [6.07, 6.45) is 23.0. The maximum absolute atomic E-state index is 14.0. The van der Waals surface area contributed by atoms with Gasteiger partial charge >= 0.3 is 5.69 Å². The molecule has 0 amide bonds. The van der Waals surface area contributed by atoms with Crippen molar-refractivity contribution in [2.45, 2.75) is 122 Å². The summed E-state index contributed by atoms with van der Waals surface area (Å²) in [5.74, 6) is 0.470. The molecule has 0 N–H and O–H groups in total. The highest BCUT2D eigenvalue weighted by atomic mass is 19.1. The average Bonchev–Trinajstić information content (AvgIpc) is 2.78. The molecule has 2 aliphatic carbocycles. The van der Waals surface area contributed by atoms with Gasteiger partial charge in [0.2, 0.25) is 5.82 Å². The normalized spacial score (nSPS) is 23.5. The van der Waals surface area contributed by atoms with Crippen molar-refractivity contribution >= 4 is 5.69 Å². The summed E-state index contributed by atoms with van der Waals surface area (Å²) in [7, 11) is 0. The van der Waals surface area contributed by atoms with E-state index in [0.29, 0.717) is 11.3 Å². The van der Waals surface area contributed by atoms with Crippen LogP contribution in [0.3, 0.4) is 0 Å². The van der Waals surface area contributed by atoms with Gasteiger partial charge in [-0.3, -0.25) is 10.1 Å². The molecule has 3 rings (SSSR count). The minimum atomic E-state index is -0.694. The Bertz CT molecular complexity index is 690. The summed E-state index contributed by atoms with van der Waals surface area (Å²) in [6, 6.07) is 4.48. The smallest absolute Gasteiger partial charge is 0.258 e. The Morgan fingerprint density at radius 3 is 2.29 bits per heavy atom. The number of hydrogen-bond donors (Lipinski definition) is 0. The Balaban J connectivity index is 1.39. The molecule has 2 fully saturated rings. The maximum Gasteiger partial charge on any atom is 0.304 e. The minimum absolute atomic E-state index is 0.357. The van der Waals surface area contributed by atoms with E-state index in [-0.39, 0.29) is 0 Å². The second-order valence-corrected chi connectivity index (χ2v) is 10.4. The molecule has 1 aromatic carbocycles. The van der Waals surface area contributed by atoms with E-state index >= 15 is 0 Å². The first-order valence-corrected chi connectivity index (χ1v) is 13.0. The second-order valence-electron chi connectivity index (χ2n) is 10.4. The highest BCUT2D eigenvalue weighted by Crippen LogP contribution is 2.45. The Morgan fingerprint density at radius 2 is 1.68 bits per heavy atom. The number of nitrogens with zero attached hydrogens (tertiary/aromatic N) is 1. The number of nitro benzene ring substituents is 1. The van der Waals surface area contributed by atoms with Crippen molar-refractivity contribution in [2.75, 3.05) is 0 Å². The molecule has 0 unspecified atom stereocenters. The number of hydrogen-bond acceptors (Lipinski definition) is 2. The molecule has 0 radical (unpaired) electrons. The van der Waals surface area contributed by atoms with Crippen LogP contribution in [-0.4, -0.2) is 4.92 Å². The van der Waals surface area contributed by atoms with Gasteiger partial charge in [-0.25, -0.2) is 0 Å². The van der Waals surface area contributed by atoms with Crippen molar-refractivity contribution in [3.05, 3.63) is 39.7 Å². The van der Waals surface area contributed by atoms with Crippen molar-refractivity contribution in [1.82, 2.24) is 0 Å². The zero-order chi connectivity index (χ0) is 22.1. The lowest BCUT2D eigenvalue weighted by Crippen LogP contribution is -2.24. The third-order valence-electron chi connectivity index (χ3n) is 8.28. The van der Waals surface area contributed by atoms with E-state index in [9.17, 15) is 14.5 Å². The lowest BCUT2D eigenvalue weighted by molar-refractivity contribution is -0.387. The topological polar surface area (TPSA) is 43.1 Å². The van der Waals surface area contributed by atoms with E-state index in [2.05, 4.69) is 6.92 Å². The van der Waals surface area contributed by atoms with Crippen LogP contribution in [0.4, 0.5) is 10.1 Å². The molecule has 1 aromatic rings. The van der Waals surface area contributed by atoms with Gasteiger partial charge < -0.3 is 0 Å². The molecule has 0 aliphatic heterocycles. The molecule has 2 saturated carbocycles. The summed E-state index contributed by atoms with van der Waals surface area (Å²) in [5.41, 5.74) is 1.18. The summed E-state index contributed by atoms with van der Waals surface area (Å²) in [6.45, 7) is 2.31. The molecule has 2 aliphatic rings. The second kappa shape index (κ2) is 12.0. The minimum Gasteiger partial charge on any atom is -0.258 e. The van der Waals surface area contributed by atoms with Crippen molar-refractivity contribution in [1.29, 1.82) is 0 Å². The van der Waals surface area contributed by atoms with Crippen LogP contribution in [0.15, 0.2) is 18.2 Å². The predicted molar refractivity (Wildman–Crippen MR) is 126 cm³/mol. The monoisotopic (exact) mass is 431 g/mol. The predicted octanol–water partition coefficient (Wildman–Crippen LogP) is 9.10. The molecule has 0 atom stereocenters. The molecule has 0 aromatic heterocycles. The average molecular weight is 432 g/mol. The van der Waals surface area contributed by atoms with Gasteiger partial charge in [-0.1, -0.05) is 70.8 Å². The first kappa shape index (κ1) is 24.2. The molecule has 174 valence electrons. The third-order valence-corrected chi connectivity index (χ3v) is 8.28. The van der Waals surface area contributed by atoms with Gasteiger partial charge in [-0.15, -0.1) is 0 Å². The van der Waals surface area contributed by atoms with E-state index in [1.165, 1.54) is 108 Å². The Kier molecular flexibility index (Phi) is 9.34. The number of nitro groups is 1. The summed E-state index contributed by atoms with van der Waals surface area (Å²) >= 11 is 0. The first-order valence-electron chi connectivity index (χ1n) is 13.0. The van der Waals surface area contributed by atoms with Crippen molar-refractivity contribution < 1.29 is 9.31 Å². The van der Waals surface area contributed by atoms with Crippen molar-refractivity contribution in [3.8, 4) is 0 Å². The van der Waals surface area contributed by atoms with Gasteiger partial charge in [0.05, 0.1) is 4.92 Å². The van der Waals surface area contributed by atoms with E-state index in [1.807, 2.05) is 0 Å². The fourth-order valence-electron chi connectivity index (χ4n) is 6.32. The lowest BCUT2D eigenvalue weighted by atomic mass is 9.68. The molecule has 0 bridgehead atoms. The van der Waals surface area contributed by atoms with Crippen LogP contribution in [0.1, 0.15) is 128 Å². The number of halogens is 1. The Morgan fingerprint density at radius 1 is 1.00 bits per heavy atom. The van der Waals surface area contributed by atoms with Crippen LogP contribution < -0.4 is 0 Å². The maximum atomic E-state index is 14.0. The van der Waals surface area contributed by atoms with Gasteiger partial charge in [0.15, 0.2) is 0 Å². The van der Waals surface area contributed by atoms with Crippen LogP contribution in [0, 0.1) is 27.3 Å². The SMILES string of the molecule is CCCCCC1(CCCCC2CCC(c3ccc([N+](=O)[O-])c(F)c3)CC2)CCCCC1. The molecule has 0 spiro atoms. The van der Waals surface area contributed by atoms with E-state index in [4.69, 9.17) is 0 Å². The highest BCUT2D eigenvalue weighted by molar-refractivity contribution is 5.36. The Hall–Kier alpha value is -1.45. The first-order chi connectivity index (χ1) is 15.0. The van der Waals surface area contributed by atoms with Crippen LogP contribution in [-0.2, 0) is 0 Å². The number of unbranched alkanes of at least 4 members (excludes halogenated alkanes) is 3. The van der Waals surface area contributed by atoms with Crippen LogP contribution >= 0.6 is 0 Å². The summed E-state index contributed by atoms with van der Waals surface area (Å²) in [4.78, 5) is 10.2. The third kappa shape index (κ3) is 7.02. The van der Waals surface area contributed by atoms with Gasteiger partial charge in [0.25, 0.3) is 0 Å². The standard InChI is InChI=1S/C27H42FNO2/c1-2-3-6-17-27(18-7-4-8-19-27)20-9-5-10-22-11-13-23(14-12-22)24-15-16-26(29(30)31)25(28)21-24/h15-16,21-23H,2-14,17-20H2,1H3.